The van der Waals surface area contributed by atoms with Gasteiger partial charge in [0.15, 0.2) is 5.92 Å². The van der Waals surface area contributed by atoms with E-state index in [0.717, 1.165) is 0 Å². The molecule has 1 aromatic heterocycles. The summed E-state index contributed by atoms with van der Waals surface area (Å²) < 4.78 is 4.53. The van der Waals surface area contributed by atoms with Gasteiger partial charge in [0.25, 0.3) is 0 Å². The zero-order valence-corrected chi connectivity index (χ0v) is 10.9. The molecule has 0 aromatic carbocycles. The predicted molar refractivity (Wildman–Crippen MR) is 63.6 cm³/mol. The highest BCUT2D eigenvalue weighted by Crippen LogP contribution is 2.25. The summed E-state index contributed by atoms with van der Waals surface area (Å²) in [5, 5.41) is 18.6. The standard InChI is InChI=1S/C11H10N4O2S/c1-6-14-9(8(5-13)11(16)17-2)7(4-12)10(15-6)18-3/h8H,1-3H3. The number of aromatic nitrogens is 2. The minimum absolute atomic E-state index is 0.101. The highest BCUT2D eigenvalue weighted by molar-refractivity contribution is 7.98. The van der Waals surface area contributed by atoms with Gasteiger partial charge in [-0.2, -0.15) is 10.5 Å². The molecule has 0 fully saturated rings. The molecule has 1 heterocycles. The van der Waals surface area contributed by atoms with Crippen molar-refractivity contribution in [3.8, 4) is 12.1 Å². The molecule has 0 bridgehead atoms. The molecule has 0 spiro atoms. The molecule has 18 heavy (non-hydrogen) atoms. The number of rotatable bonds is 3. The number of carbonyl (C=O) groups is 1. The fourth-order valence-electron chi connectivity index (χ4n) is 1.37. The van der Waals surface area contributed by atoms with Crippen LogP contribution in [-0.4, -0.2) is 29.3 Å². The van der Waals surface area contributed by atoms with Crippen molar-refractivity contribution < 1.29 is 9.53 Å². The number of nitriles is 2. The average Bonchev–Trinajstić information content (AvgIpc) is 2.38. The topological polar surface area (TPSA) is 99.7 Å². The van der Waals surface area contributed by atoms with Gasteiger partial charge in [-0.05, 0) is 13.2 Å². The van der Waals surface area contributed by atoms with Crippen molar-refractivity contribution in [2.75, 3.05) is 13.4 Å². The molecule has 0 aliphatic rings. The number of nitrogens with zero attached hydrogens (tertiary/aromatic N) is 4. The first kappa shape index (κ1) is 13.9. The van der Waals surface area contributed by atoms with Crippen LogP contribution in [0.1, 0.15) is 23.0 Å². The number of thioether (sulfide) groups is 1. The molecule has 1 unspecified atom stereocenters. The Morgan fingerprint density at radius 1 is 1.44 bits per heavy atom. The highest BCUT2D eigenvalue weighted by atomic mass is 32.2. The number of ether oxygens (including phenoxy) is 1. The largest absolute Gasteiger partial charge is 0.468 e. The van der Waals surface area contributed by atoms with Gasteiger partial charge in [0.2, 0.25) is 0 Å². The van der Waals surface area contributed by atoms with Crippen LogP contribution in [0.4, 0.5) is 0 Å². The number of hydrogen-bond acceptors (Lipinski definition) is 7. The lowest BCUT2D eigenvalue weighted by Crippen LogP contribution is -2.17. The first-order chi connectivity index (χ1) is 8.58. The Labute approximate surface area is 109 Å². The van der Waals surface area contributed by atoms with E-state index in [1.165, 1.54) is 18.9 Å². The van der Waals surface area contributed by atoms with Crippen LogP contribution in [0.5, 0.6) is 0 Å². The Morgan fingerprint density at radius 2 is 2.11 bits per heavy atom. The molecule has 92 valence electrons. The molecule has 0 aliphatic heterocycles. The van der Waals surface area contributed by atoms with E-state index in [1.807, 2.05) is 6.07 Å². The number of hydrogen-bond donors (Lipinski definition) is 0. The number of esters is 1. The number of aryl methyl sites for hydroxylation is 1. The fraction of sp³-hybridized carbons (Fsp3) is 0.364. The van der Waals surface area contributed by atoms with E-state index in [4.69, 9.17) is 10.5 Å². The Balaban J connectivity index is 3.49. The molecule has 1 atom stereocenters. The second-order valence-electron chi connectivity index (χ2n) is 3.24. The second kappa shape index (κ2) is 5.99. The molecule has 1 aromatic rings. The molecule has 7 heteroatoms. The minimum Gasteiger partial charge on any atom is -0.468 e. The van der Waals surface area contributed by atoms with Crippen molar-refractivity contribution in [1.82, 2.24) is 9.97 Å². The Hall–Kier alpha value is -2.12. The van der Waals surface area contributed by atoms with Crippen molar-refractivity contribution in [3.63, 3.8) is 0 Å². The summed E-state index contributed by atoms with van der Waals surface area (Å²) >= 11 is 1.26. The first-order valence-electron chi connectivity index (χ1n) is 4.89. The van der Waals surface area contributed by atoms with Gasteiger partial charge in [0, 0.05) is 0 Å². The summed E-state index contributed by atoms with van der Waals surface area (Å²) in [5.74, 6) is -1.55. The third-order valence-electron chi connectivity index (χ3n) is 2.16. The van der Waals surface area contributed by atoms with Crippen LogP contribution in [0, 0.1) is 29.6 Å². The van der Waals surface area contributed by atoms with E-state index >= 15 is 0 Å². The lowest BCUT2D eigenvalue weighted by atomic mass is 10.0. The SMILES string of the molecule is COC(=O)C(C#N)c1nc(C)nc(SC)c1C#N. The Morgan fingerprint density at radius 3 is 2.56 bits per heavy atom. The van der Waals surface area contributed by atoms with Crippen LogP contribution in [0.3, 0.4) is 0 Å². The Kier molecular flexibility index (Phi) is 4.64. The Bertz CT molecular complexity index is 559. The van der Waals surface area contributed by atoms with Gasteiger partial charge >= 0.3 is 5.97 Å². The molecule has 0 saturated heterocycles. The molecule has 6 nitrogen and oxygen atoms in total. The van der Waals surface area contributed by atoms with Gasteiger partial charge in [-0.25, -0.2) is 9.97 Å². The third kappa shape index (κ3) is 2.58. The maximum absolute atomic E-state index is 11.5. The van der Waals surface area contributed by atoms with Crippen molar-refractivity contribution in [3.05, 3.63) is 17.1 Å². The number of carbonyl (C=O) groups excluding carboxylic acids is 1. The normalized spacial score (nSPS) is 11.2. The first-order valence-corrected chi connectivity index (χ1v) is 6.11. The van der Waals surface area contributed by atoms with E-state index in [9.17, 15) is 4.79 Å². The smallest absolute Gasteiger partial charge is 0.329 e. The summed E-state index contributed by atoms with van der Waals surface area (Å²) in [5.41, 5.74) is 0.244. The minimum atomic E-state index is -1.21. The summed E-state index contributed by atoms with van der Waals surface area (Å²) in [6.07, 6.45) is 1.76. The van der Waals surface area contributed by atoms with E-state index in [1.54, 1.807) is 19.2 Å². The molecule has 0 N–H and O–H groups in total. The molecular weight excluding hydrogens is 252 g/mol. The van der Waals surface area contributed by atoms with Crippen LogP contribution >= 0.6 is 11.8 Å². The zero-order valence-electron chi connectivity index (χ0n) is 10.1. The molecule has 0 radical (unpaired) electrons. The van der Waals surface area contributed by atoms with E-state index in [2.05, 4.69) is 14.7 Å². The summed E-state index contributed by atoms with van der Waals surface area (Å²) in [4.78, 5) is 19.6. The van der Waals surface area contributed by atoms with Gasteiger partial charge in [-0.1, -0.05) is 0 Å². The van der Waals surface area contributed by atoms with Crippen LogP contribution in [0.25, 0.3) is 0 Å². The highest BCUT2D eigenvalue weighted by Gasteiger charge is 2.28. The van der Waals surface area contributed by atoms with E-state index < -0.39 is 11.9 Å². The van der Waals surface area contributed by atoms with Crippen molar-refractivity contribution in [2.45, 2.75) is 17.9 Å². The average molecular weight is 262 g/mol. The van der Waals surface area contributed by atoms with Crippen molar-refractivity contribution in [2.24, 2.45) is 0 Å². The van der Waals surface area contributed by atoms with E-state index in [0.29, 0.717) is 10.9 Å². The van der Waals surface area contributed by atoms with Crippen LogP contribution in [0.15, 0.2) is 5.03 Å². The van der Waals surface area contributed by atoms with Gasteiger partial charge in [0.1, 0.15) is 22.5 Å². The van der Waals surface area contributed by atoms with Crippen LogP contribution in [0.2, 0.25) is 0 Å². The maximum atomic E-state index is 11.5. The lowest BCUT2D eigenvalue weighted by molar-refractivity contribution is -0.141. The van der Waals surface area contributed by atoms with Crippen molar-refractivity contribution >= 4 is 17.7 Å². The predicted octanol–water partition coefficient (Wildman–Crippen LogP) is 1.16. The summed E-state index contributed by atoms with van der Waals surface area (Å²) in [6, 6.07) is 3.73. The van der Waals surface area contributed by atoms with Gasteiger partial charge < -0.3 is 4.74 Å². The van der Waals surface area contributed by atoms with Gasteiger partial charge in [-0.3, -0.25) is 4.79 Å². The van der Waals surface area contributed by atoms with Crippen LogP contribution in [-0.2, 0) is 9.53 Å². The summed E-state index contributed by atoms with van der Waals surface area (Å²) in [7, 11) is 1.18. The fourth-order valence-corrected chi connectivity index (χ4v) is 1.95. The molecule has 0 amide bonds. The molecular formula is C11H10N4O2S. The summed E-state index contributed by atoms with van der Waals surface area (Å²) in [6.45, 7) is 1.64. The lowest BCUT2D eigenvalue weighted by Gasteiger charge is -2.10. The second-order valence-corrected chi connectivity index (χ2v) is 4.03. The molecule has 0 saturated carbocycles. The third-order valence-corrected chi connectivity index (χ3v) is 2.84. The zero-order chi connectivity index (χ0) is 13.7. The van der Waals surface area contributed by atoms with Crippen molar-refractivity contribution in [1.29, 1.82) is 10.5 Å². The van der Waals surface area contributed by atoms with Crippen LogP contribution < -0.4 is 0 Å². The maximum Gasteiger partial charge on any atom is 0.329 e. The molecule has 0 aliphatic carbocycles. The van der Waals surface area contributed by atoms with Gasteiger partial charge in [-0.15, -0.1) is 11.8 Å². The van der Waals surface area contributed by atoms with Gasteiger partial charge in [0.05, 0.1) is 18.9 Å². The molecule has 1 rings (SSSR count). The number of methoxy groups -OCH3 is 1. The monoisotopic (exact) mass is 262 g/mol. The quantitative estimate of drug-likeness (QED) is 0.457. The van der Waals surface area contributed by atoms with E-state index in [-0.39, 0.29) is 11.3 Å².